The van der Waals surface area contributed by atoms with Crippen LogP contribution in [0.4, 0.5) is 10.6 Å². The second-order valence-corrected chi connectivity index (χ2v) is 2.55. The van der Waals surface area contributed by atoms with Crippen molar-refractivity contribution in [2.45, 2.75) is 0 Å². The van der Waals surface area contributed by atoms with Gasteiger partial charge in [0, 0.05) is 0 Å². The lowest BCUT2D eigenvalue weighted by atomic mass is 10.4. The third-order valence-electron chi connectivity index (χ3n) is 1.29. The normalized spacial score (nSPS) is 9.31. The Bertz CT molecular complexity index is 335. The van der Waals surface area contributed by atoms with Crippen molar-refractivity contribution in [3.8, 4) is 0 Å². The van der Waals surface area contributed by atoms with Crippen LogP contribution in [0.25, 0.3) is 0 Å². The minimum atomic E-state index is -0.621. The minimum absolute atomic E-state index is 0.129. The predicted octanol–water partition coefficient (Wildman–Crippen LogP) is 0.222. The second-order valence-electron chi connectivity index (χ2n) is 2.11. The summed E-state index contributed by atoms with van der Waals surface area (Å²) in [7, 11) is 1.25. The number of thiocarbonyl (C=S) groups is 1. The van der Waals surface area contributed by atoms with Crippen molar-refractivity contribution in [1.82, 2.24) is 9.97 Å². The van der Waals surface area contributed by atoms with Crippen LogP contribution in [0.2, 0.25) is 0 Å². The first-order chi connectivity index (χ1) is 6.15. The number of nitrogens with zero attached hydrogens (tertiary/aromatic N) is 1. The molecule has 0 aromatic carbocycles. The van der Waals surface area contributed by atoms with E-state index in [-0.39, 0.29) is 10.8 Å². The molecule has 0 saturated carbocycles. The molecule has 1 amide bonds. The topological polar surface area (TPSA) is 93.0 Å². The lowest BCUT2D eigenvalue weighted by Gasteiger charge is -2.01. The van der Waals surface area contributed by atoms with Crippen LogP contribution in [0.3, 0.4) is 0 Å². The van der Waals surface area contributed by atoms with E-state index >= 15 is 0 Å². The number of hydrogen-bond acceptors (Lipinski definition) is 4. The zero-order chi connectivity index (χ0) is 9.84. The molecule has 0 spiro atoms. The van der Waals surface area contributed by atoms with Crippen LogP contribution in [-0.4, -0.2) is 28.2 Å². The van der Waals surface area contributed by atoms with Gasteiger partial charge in [0.05, 0.1) is 13.4 Å². The standard InChI is InChI=1S/C6H8N4O2S/c1-12-6(11)10-5-3(4(7)13)8-2-9-5/h2H,1H3,(H2,7,13)(H,8,9)(H,10,11). The molecule has 1 aromatic heterocycles. The number of aromatic amines is 1. The Hall–Kier alpha value is -1.63. The number of nitrogens with two attached hydrogens (primary N) is 1. The third-order valence-corrected chi connectivity index (χ3v) is 1.50. The van der Waals surface area contributed by atoms with Gasteiger partial charge in [-0.15, -0.1) is 0 Å². The molecule has 7 heteroatoms. The Morgan fingerprint density at radius 1 is 1.85 bits per heavy atom. The molecule has 0 aliphatic carbocycles. The van der Waals surface area contributed by atoms with Gasteiger partial charge in [0.15, 0.2) is 5.82 Å². The summed E-state index contributed by atoms with van der Waals surface area (Å²) in [5.41, 5.74) is 5.75. The van der Waals surface area contributed by atoms with Crippen LogP contribution in [-0.2, 0) is 4.74 Å². The first-order valence-corrected chi connectivity index (χ1v) is 3.74. The molecule has 0 fully saturated rings. The monoisotopic (exact) mass is 200 g/mol. The number of hydrogen-bond donors (Lipinski definition) is 3. The van der Waals surface area contributed by atoms with Crippen LogP contribution < -0.4 is 11.1 Å². The maximum Gasteiger partial charge on any atom is 0.412 e. The van der Waals surface area contributed by atoms with Crippen molar-refractivity contribution >= 4 is 29.1 Å². The molecule has 0 radical (unpaired) electrons. The van der Waals surface area contributed by atoms with Crippen LogP contribution in [0, 0.1) is 0 Å². The van der Waals surface area contributed by atoms with Gasteiger partial charge in [0.1, 0.15) is 10.7 Å². The summed E-state index contributed by atoms with van der Waals surface area (Å²) < 4.78 is 4.37. The van der Waals surface area contributed by atoms with E-state index in [4.69, 9.17) is 18.0 Å². The fraction of sp³-hybridized carbons (Fsp3) is 0.167. The number of rotatable bonds is 2. The van der Waals surface area contributed by atoms with E-state index in [0.717, 1.165) is 0 Å². The SMILES string of the molecule is COC(=O)Nc1nc[nH]c1C(N)=S. The van der Waals surface area contributed by atoms with Crippen molar-refractivity contribution in [2.24, 2.45) is 5.73 Å². The molecule has 0 aliphatic rings. The average molecular weight is 200 g/mol. The maximum atomic E-state index is 10.8. The van der Waals surface area contributed by atoms with Gasteiger partial charge in [-0.25, -0.2) is 9.78 Å². The number of imidazole rings is 1. The summed E-state index contributed by atoms with van der Waals surface area (Å²) in [6, 6.07) is 0. The van der Waals surface area contributed by atoms with Gasteiger partial charge in [-0.3, -0.25) is 5.32 Å². The van der Waals surface area contributed by atoms with Crippen molar-refractivity contribution in [3.63, 3.8) is 0 Å². The molecule has 13 heavy (non-hydrogen) atoms. The number of ether oxygens (including phenoxy) is 1. The lowest BCUT2D eigenvalue weighted by Crippen LogP contribution is -2.17. The van der Waals surface area contributed by atoms with Gasteiger partial charge in [0.2, 0.25) is 0 Å². The fourth-order valence-corrected chi connectivity index (χ4v) is 0.880. The van der Waals surface area contributed by atoms with Gasteiger partial charge in [0.25, 0.3) is 0 Å². The quantitative estimate of drug-likeness (QED) is 0.594. The first-order valence-electron chi connectivity index (χ1n) is 3.33. The highest BCUT2D eigenvalue weighted by Crippen LogP contribution is 2.08. The number of nitrogens with one attached hydrogen (secondary N) is 2. The largest absolute Gasteiger partial charge is 0.453 e. The Morgan fingerprint density at radius 3 is 3.08 bits per heavy atom. The molecule has 0 atom stereocenters. The van der Waals surface area contributed by atoms with E-state index in [0.29, 0.717) is 5.69 Å². The van der Waals surface area contributed by atoms with Crippen molar-refractivity contribution in [1.29, 1.82) is 0 Å². The summed E-state index contributed by atoms with van der Waals surface area (Å²) in [4.78, 5) is 17.4. The van der Waals surface area contributed by atoms with E-state index in [9.17, 15) is 4.79 Å². The number of aromatic nitrogens is 2. The van der Waals surface area contributed by atoms with Crippen LogP contribution in [0.15, 0.2) is 6.33 Å². The molecule has 0 unspecified atom stereocenters. The molecule has 1 rings (SSSR count). The van der Waals surface area contributed by atoms with Crippen LogP contribution >= 0.6 is 12.2 Å². The first kappa shape index (κ1) is 9.46. The Balaban J connectivity index is 2.82. The molecule has 6 nitrogen and oxygen atoms in total. The third kappa shape index (κ3) is 2.15. The van der Waals surface area contributed by atoms with E-state index in [1.807, 2.05) is 0 Å². The van der Waals surface area contributed by atoms with Crippen LogP contribution in [0.5, 0.6) is 0 Å². The number of carbonyl (C=O) groups excluding carboxylic acids is 1. The minimum Gasteiger partial charge on any atom is -0.453 e. The summed E-state index contributed by atoms with van der Waals surface area (Å²) in [6.07, 6.45) is 0.754. The Labute approximate surface area is 79.5 Å². The van der Waals surface area contributed by atoms with Gasteiger partial charge >= 0.3 is 6.09 Å². The van der Waals surface area contributed by atoms with Gasteiger partial charge in [-0.1, -0.05) is 12.2 Å². The zero-order valence-corrected chi connectivity index (χ0v) is 7.64. The van der Waals surface area contributed by atoms with Gasteiger partial charge in [-0.05, 0) is 0 Å². The molecule has 0 aliphatic heterocycles. The predicted molar refractivity (Wildman–Crippen MR) is 50.5 cm³/mol. The van der Waals surface area contributed by atoms with Gasteiger partial charge in [-0.2, -0.15) is 0 Å². The Morgan fingerprint density at radius 2 is 2.54 bits per heavy atom. The summed E-state index contributed by atoms with van der Waals surface area (Å²) in [6.45, 7) is 0. The number of anilines is 1. The molecule has 4 N–H and O–H groups in total. The number of amides is 1. The average Bonchev–Trinajstić information content (AvgIpc) is 2.52. The van der Waals surface area contributed by atoms with E-state index < -0.39 is 6.09 Å². The van der Waals surface area contributed by atoms with E-state index in [1.54, 1.807) is 0 Å². The fourth-order valence-electron chi connectivity index (χ4n) is 0.725. The summed E-state index contributed by atoms with van der Waals surface area (Å²) >= 11 is 4.71. The smallest absolute Gasteiger partial charge is 0.412 e. The van der Waals surface area contributed by atoms with Crippen molar-refractivity contribution in [2.75, 3.05) is 12.4 Å². The number of carbonyl (C=O) groups is 1. The molecule has 1 heterocycles. The van der Waals surface area contributed by atoms with Crippen molar-refractivity contribution < 1.29 is 9.53 Å². The molecular formula is C6H8N4O2S. The van der Waals surface area contributed by atoms with Crippen molar-refractivity contribution in [3.05, 3.63) is 12.0 Å². The molecular weight excluding hydrogens is 192 g/mol. The molecule has 0 saturated heterocycles. The molecule has 1 aromatic rings. The highest BCUT2D eigenvalue weighted by atomic mass is 32.1. The Kier molecular flexibility index (Phi) is 2.80. The lowest BCUT2D eigenvalue weighted by molar-refractivity contribution is 0.187. The molecule has 0 bridgehead atoms. The highest BCUT2D eigenvalue weighted by Gasteiger charge is 2.10. The van der Waals surface area contributed by atoms with E-state index in [1.165, 1.54) is 13.4 Å². The summed E-state index contributed by atoms with van der Waals surface area (Å²) in [5, 5.41) is 2.35. The van der Waals surface area contributed by atoms with E-state index in [2.05, 4.69) is 20.0 Å². The zero-order valence-electron chi connectivity index (χ0n) is 6.83. The maximum absolute atomic E-state index is 10.8. The number of methoxy groups -OCH3 is 1. The summed E-state index contributed by atoms with van der Waals surface area (Å²) in [5.74, 6) is 0.263. The highest BCUT2D eigenvalue weighted by molar-refractivity contribution is 7.80. The number of H-pyrrole nitrogens is 1. The molecule has 70 valence electrons. The van der Waals surface area contributed by atoms with Gasteiger partial charge < -0.3 is 15.5 Å². The second kappa shape index (κ2) is 3.85. The van der Waals surface area contributed by atoms with Crippen LogP contribution in [0.1, 0.15) is 5.69 Å².